The smallest absolute Gasteiger partial charge is 0.504 e. The molecule has 0 spiro atoms. The standard InChI is InChI=1S/C15H12O8.CH2O5.CH2O3/c16-10-3-1-8(6-12(10)22-14(18)19)5-9-2-4-11(17)13(7-9)23-15(20)21;2-1(5-3)6-4;2-1(3)4/h1-4,6-7,16-17H,5H2,(H,18,19)(H,20,21);3-4H;(H2,2,3,4). The molecule has 0 heterocycles. The summed E-state index contributed by atoms with van der Waals surface area (Å²) in [6, 6.07) is 8.34. The van der Waals surface area contributed by atoms with Crippen molar-refractivity contribution in [2.75, 3.05) is 0 Å². The van der Waals surface area contributed by atoms with Crippen LogP contribution in [0.1, 0.15) is 11.1 Å². The zero-order chi connectivity index (χ0) is 25.6. The minimum absolute atomic E-state index is 0.212. The lowest BCUT2D eigenvalue weighted by Crippen LogP contribution is -2.04. The van der Waals surface area contributed by atoms with Crippen molar-refractivity contribution in [3.63, 3.8) is 0 Å². The Hall–Kier alpha value is -4.96. The summed E-state index contributed by atoms with van der Waals surface area (Å²) in [5.41, 5.74) is 1.21. The number of carboxylic acid groups (broad SMARTS) is 4. The number of ether oxygens (including phenoxy) is 2. The van der Waals surface area contributed by atoms with E-state index in [-0.39, 0.29) is 29.4 Å². The van der Waals surface area contributed by atoms with Gasteiger partial charge < -0.3 is 40.1 Å². The van der Waals surface area contributed by atoms with Crippen LogP contribution in [0.4, 0.5) is 19.2 Å². The first-order valence-corrected chi connectivity index (χ1v) is 7.93. The Morgan fingerprint density at radius 2 is 1.00 bits per heavy atom. The molecule has 0 fully saturated rings. The first kappa shape index (κ1) is 28.0. The van der Waals surface area contributed by atoms with Gasteiger partial charge >= 0.3 is 24.6 Å². The quantitative estimate of drug-likeness (QED) is 0.136. The molecular weight excluding hydrogens is 460 g/mol. The second-order valence-corrected chi connectivity index (χ2v) is 5.23. The number of rotatable bonds is 4. The van der Waals surface area contributed by atoms with Gasteiger partial charge in [-0.05, 0) is 41.8 Å². The minimum atomic E-state index is -1.83. The van der Waals surface area contributed by atoms with Crippen molar-refractivity contribution >= 4 is 24.6 Å². The van der Waals surface area contributed by atoms with E-state index in [1.165, 1.54) is 24.3 Å². The maximum atomic E-state index is 10.5. The van der Waals surface area contributed by atoms with Gasteiger partial charge in [0.25, 0.3) is 0 Å². The van der Waals surface area contributed by atoms with Crippen LogP contribution in [0.15, 0.2) is 36.4 Å². The second-order valence-electron chi connectivity index (χ2n) is 5.23. The number of aromatic hydroxyl groups is 2. The van der Waals surface area contributed by atoms with E-state index in [0.29, 0.717) is 11.1 Å². The summed E-state index contributed by atoms with van der Waals surface area (Å²) in [7, 11) is 0. The van der Waals surface area contributed by atoms with Gasteiger partial charge in [-0.25, -0.2) is 14.4 Å². The van der Waals surface area contributed by atoms with Gasteiger partial charge in [-0.3, -0.25) is 9.78 Å². The van der Waals surface area contributed by atoms with Gasteiger partial charge in [0.15, 0.2) is 23.0 Å². The molecule has 16 nitrogen and oxygen atoms in total. The number of hydrogen-bond donors (Lipinski definition) is 8. The molecular formula is C17H16O16. The maximum absolute atomic E-state index is 10.5. The summed E-state index contributed by atoms with van der Waals surface area (Å²) in [6.07, 6.45) is -6.22. The third-order valence-corrected chi connectivity index (χ3v) is 3.00. The van der Waals surface area contributed by atoms with Crippen molar-refractivity contribution in [3.05, 3.63) is 47.5 Å². The molecule has 0 unspecified atom stereocenters. The molecule has 2 aromatic rings. The van der Waals surface area contributed by atoms with Crippen LogP contribution in [0, 0.1) is 0 Å². The highest BCUT2D eigenvalue weighted by Crippen LogP contribution is 2.30. The average molecular weight is 476 g/mol. The summed E-state index contributed by atoms with van der Waals surface area (Å²) in [6.45, 7) is 0. The summed E-state index contributed by atoms with van der Waals surface area (Å²) in [5, 5.41) is 64.6. The molecule has 0 amide bonds. The van der Waals surface area contributed by atoms with Crippen molar-refractivity contribution in [2.24, 2.45) is 0 Å². The van der Waals surface area contributed by atoms with Crippen LogP contribution >= 0.6 is 0 Å². The lowest BCUT2D eigenvalue weighted by molar-refractivity contribution is -0.270. The zero-order valence-corrected chi connectivity index (χ0v) is 16.0. The fraction of sp³-hybridized carbons (Fsp3) is 0.0588. The minimum Gasteiger partial charge on any atom is -0.504 e. The second kappa shape index (κ2) is 14.1. The van der Waals surface area contributed by atoms with Gasteiger partial charge in [0.05, 0.1) is 0 Å². The Bertz CT molecular complexity index is 896. The van der Waals surface area contributed by atoms with E-state index in [1.807, 2.05) is 0 Å². The Balaban J connectivity index is 0.000000860. The third-order valence-electron chi connectivity index (χ3n) is 3.00. The van der Waals surface area contributed by atoms with Crippen molar-refractivity contribution < 1.29 is 79.6 Å². The monoisotopic (exact) mass is 476 g/mol. The molecule has 16 heteroatoms. The van der Waals surface area contributed by atoms with Crippen LogP contribution in [-0.2, 0) is 16.2 Å². The van der Waals surface area contributed by atoms with E-state index < -0.39 is 24.6 Å². The lowest BCUT2D eigenvalue weighted by Gasteiger charge is -2.09. The Morgan fingerprint density at radius 1 is 0.667 bits per heavy atom. The molecule has 0 aliphatic rings. The van der Waals surface area contributed by atoms with Gasteiger partial charge in [-0.2, -0.15) is 15.3 Å². The summed E-state index contributed by atoms with van der Waals surface area (Å²) in [4.78, 5) is 44.5. The molecule has 2 aromatic carbocycles. The molecule has 0 saturated carbocycles. The van der Waals surface area contributed by atoms with Crippen molar-refractivity contribution in [2.45, 2.75) is 6.42 Å². The number of benzene rings is 2. The van der Waals surface area contributed by atoms with E-state index in [0.717, 1.165) is 0 Å². The number of phenolic OH excluding ortho intramolecular Hbond substituents is 2. The van der Waals surface area contributed by atoms with Crippen molar-refractivity contribution in [1.82, 2.24) is 0 Å². The average Bonchev–Trinajstić information content (AvgIpc) is 2.71. The molecule has 33 heavy (non-hydrogen) atoms. The molecule has 0 bridgehead atoms. The van der Waals surface area contributed by atoms with Crippen LogP contribution in [0.3, 0.4) is 0 Å². The molecule has 0 aliphatic heterocycles. The molecule has 2 rings (SSSR count). The zero-order valence-electron chi connectivity index (χ0n) is 16.0. The van der Waals surface area contributed by atoms with E-state index in [4.69, 9.17) is 35.7 Å². The fourth-order valence-corrected chi connectivity index (χ4v) is 1.94. The topological polar surface area (TPSA) is 267 Å². The first-order chi connectivity index (χ1) is 15.4. The van der Waals surface area contributed by atoms with Crippen molar-refractivity contribution in [1.29, 1.82) is 0 Å². The number of carbonyl (C=O) groups excluding carboxylic acids is 1. The highest BCUT2D eigenvalue weighted by Gasteiger charge is 2.11. The normalized spacial score (nSPS) is 9.03. The molecule has 0 radical (unpaired) electrons. The Morgan fingerprint density at radius 3 is 1.24 bits per heavy atom. The highest BCUT2D eigenvalue weighted by atomic mass is 17.2. The fourth-order valence-electron chi connectivity index (χ4n) is 1.94. The first-order valence-electron chi connectivity index (χ1n) is 7.93. The molecule has 0 saturated heterocycles. The van der Waals surface area contributed by atoms with Gasteiger partial charge in [-0.1, -0.05) is 12.1 Å². The molecule has 8 N–H and O–H groups in total. The molecule has 0 atom stereocenters. The van der Waals surface area contributed by atoms with E-state index in [9.17, 15) is 24.6 Å². The van der Waals surface area contributed by atoms with Gasteiger partial charge in [0.2, 0.25) is 0 Å². The Kier molecular flexibility index (Phi) is 12.0. The summed E-state index contributed by atoms with van der Waals surface area (Å²) < 4.78 is 8.89. The summed E-state index contributed by atoms with van der Waals surface area (Å²) >= 11 is 0. The largest absolute Gasteiger partial charge is 0.572 e. The summed E-state index contributed by atoms with van der Waals surface area (Å²) in [5.74, 6) is -1.07. The van der Waals surface area contributed by atoms with Crippen LogP contribution in [0.2, 0.25) is 0 Å². The van der Waals surface area contributed by atoms with Crippen molar-refractivity contribution in [3.8, 4) is 23.0 Å². The van der Waals surface area contributed by atoms with E-state index in [1.54, 1.807) is 12.1 Å². The SMILES string of the molecule is O=C(O)O.O=C(O)Oc1cc(Cc2ccc(O)c(OC(=O)O)c2)ccc1O.O=C(OO)OO. The molecule has 180 valence electrons. The van der Waals surface area contributed by atoms with Crippen LogP contribution in [-0.4, -0.2) is 65.8 Å². The number of hydrogen-bond acceptors (Lipinski definition) is 12. The van der Waals surface area contributed by atoms with Gasteiger partial charge in [-0.15, -0.1) is 0 Å². The maximum Gasteiger partial charge on any atom is 0.572 e. The molecule has 0 aromatic heterocycles. The van der Waals surface area contributed by atoms with Crippen LogP contribution in [0.5, 0.6) is 23.0 Å². The third kappa shape index (κ3) is 12.4. The number of phenols is 2. The van der Waals surface area contributed by atoms with E-state index >= 15 is 0 Å². The van der Waals surface area contributed by atoms with Crippen LogP contribution < -0.4 is 9.47 Å². The van der Waals surface area contributed by atoms with Gasteiger partial charge in [0, 0.05) is 0 Å². The number of carbonyl (C=O) groups is 4. The van der Waals surface area contributed by atoms with Crippen LogP contribution in [0.25, 0.3) is 0 Å². The predicted molar refractivity (Wildman–Crippen MR) is 99.8 cm³/mol. The van der Waals surface area contributed by atoms with Gasteiger partial charge in [0.1, 0.15) is 0 Å². The van der Waals surface area contributed by atoms with E-state index in [2.05, 4.69) is 19.2 Å². The lowest BCUT2D eigenvalue weighted by atomic mass is 10.0. The Labute approximate surface area is 182 Å². The predicted octanol–water partition coefficient (Wildman–Crippen LogP) is 3.11. The molecule has 0 aliphatic carbocycles. The highest BCUT2D eigenvalue weighted by molar-refractivity contribution is 5.64.